The lowest BCUT2D eigenvalue weighted by atomic mass is 10.1. The van der Waals surface area contributed by atoms with Gasteiger partial charge in [0.2, 0.25) is 0 Å². The summed E-state index contributed by atoms with van der Waals surface area (Å²) in [7, 11) is 1.86. The first-order valence-electron chi connectivity index (χ1n) is 4.23. The molecule has 1 unspecified atom stereocenters. The molecule has 0 aromatic carbocycles. The number of aromatic nitrogens is 2. The van der Waals surface area contributed by atoms with Gasteiger partial charge in [-0.2, -0.15) is 5.10 Å². The molecule has 3 nitrogen and oxygen atoms in total. The van der Waals surface area contributed by atoms with Gasteiger partial charge in [-0.3, -0.25) is 4.68 Å². The number of hydrogen-bond donors (Lipinski definition) is 1. The molecular formula is C10H14N2O. The van der Waals surface area contributed by atoms with Crippen LogP contribution < -0.4 is 0 Å². The number of hydrogen-bond acceptors (Lipinski definition) is 2. The minimum Gasteiger partial charge on any atom is -0.387 e. The van der Waals surface area contributed by atoms with Gasteiger partial charge in [0.15, 0.2) is 0 Å². The second kappa shape index (κ2) is 4.11. The van der Waals surface area contributed by atoms with Crippen molar-refractivity contribution in [1.82, 2.24) is 9.78 Å². The van der Waals surface area contributed by atoms with Gasteiger partial charge in [-0.25, -0.2) is 0 Å². The van der Waals surface area contributed by atoms with Gasteiger partial charge in [0.05, 0.1) is 12.3 Å². The normalized spacial score (nSPS) is 12.0. The molecule has 0 spiro atoms. The quantitative estimate of drug-likeness (QED) is 0.690. The molecule has 0 aliphatic heterocycles. The predicted molar refractivity (Wildman–Crippen MR) is 51.0 cm³/mol. The molecule has 0 saturated heterocycles. The highest BCUT2D eigenvalue weighted by Crippen LogP contribution is 2.18. The Morgan fingerprint density at radius 3 is 2.85 bits per heavy atom. The summed E-state index contributed by atoms with van der Waals surface area (Å²) >= 11 is 0. The molecule has 1 atom stereocenters. The van der Waals surface area contributed by atoms with E-state index in [4.69, 9.17) is 0 Å². The Morgan fingerprint density at radius 1 is 1.69 bits per heavy atom. The molecule has 1 heterocycles. The van der Waals surface area contributed by atoms with Gasteiger partial charge in [-0.15, -0.1) is 11.8 Å². The van der Waals surface area contributed by atoms with Crippen LogP contribution in [0.5, 0.6) is 0 Å². The largest absolute Gasteiger partial charge is 0.387 e. The first-order chi connectivity index (χ1) is 6.16. The van der Waals surface area contributed by atoms with Crippen LogP contribution in [0.15, 0.2) is 6.20 Å². The fraction of sp³-hybridized carbons (Fsp3) is 0.500. The predicted octanol–water partition coefficient (Wildman–Crippen LogP) is 1.18. The summed E-state index contributed by atoms with van der Waals surface area (Å²) in [4.78, 5) is 0. The summed E-state index contributed by atoms with van der Waals surface area (Å²) in [6, 6.07) is 0. The van der Waals surface area contributed by atoms with Gasteiger partial charge in [0.25, 0.3) is 0 Å². The van der Waals surface area contributed by atoms with E-state index >= 15 is 0 Å². The van der Waals surface area contributed by atoms with Crippen molar-refractivity contribution in [3.63, 3.8) is 0 Å². The fourth-order valence-corrected chi connectivity index (χ4v) is 1.15. The molecule has 0 aliphatic carbocycles. The number of nitrogens with zero attached hydrogens (tertiary/aromatic N) is 2. The molecule has 70 valence electrons. The third kappa shape index (κ3) is 2.10. The summed E-state index contributed by atoms with van der Waals surface area (Å²) in [5.41, 5.74) is 1.86. The molecule has 1 rings (SSSR count). The number of rotatable bonds is 2. The lowest BCUT2D eigenvalue weighted by Crippen LogP contribution is -1.99. The van der Waals surface area contributed by atoms with E-state index in [9.17, 15) is 5.11 Å². The smallest absolute Gasteiger partial charge is 0.0932 e. The lowest BCUT2D eigenvalue weighted by Gasteiger charge is -2.05. The standard InChI is InChI=1S/C10H14N2O/c1-4-5-6-10(13)9-7-11-12(3)8(9)2/h7,10,13H,6H2,1-3H3. The summed E-state index contributed by atoms with van der Waals surface area (Å²) < 4.78 is 1.75. The molecule has 3 heteroatoms. The molecule has 0 fully saturated rings. The van der Waals surface area contributed by atoms with Crippen LogP contribution in [0, 0.1) is 18.8 Å². The van der Waals surface area contributed by atoms with Crippen molar-refractivity contribution in [1.29, 1.82) is 0 Å². The van der Waals surface area contributed by atoms with Crippen LogP contribution in [0.2, 0.25) is 0 Å². The van der Waals surface area contributed by atoms with Gasteiger partial charge < -0.3 is 5.11 Å². The Morgan fingerprint density at radius 2 is 2.38 bits per heavy atom. The van der Waals surface area contributed by atoms with Crippen LogP contribution in [0.1, 0.15) is 30.7 Å². The Hall–Kier alpha value is -1.27. The molecular weight excluding hydrogens is 164 g/mol. The monoisotopic (exact) mass is 178 g/mol. The topological polar surface area (TPSA) is 38.1 Å². The van der Waals surface area contributed by atoms with Crippen LogP contribution in [0.3, 0.4) is 0 Å². The van der Waals surface area contributed by atoms with E-state index in [1.807, 2.05) is 14.0 Å². The second-order valence-electron chi connectivity index (χ2n) is 2.96. The Labute approximate surface area is 78.4 Å². The van der Waals surface area contributed by atoms with Crippen molar-refractivity contribution in [2.24, 2.45) is 7.05 Å². The van der Waals surface area contributed by atoms with Crippen LogP contribution >= 0.6 is 0 Å². The second-order valence-corrected chi connectivity index (χ2v) is 2.96. The SMILES string of the molecule is CC#CCC(O)c1cnn(C)c1C. The fourth-order valence-electron chi connectivity index (χ4n) is 1.15. The maximum absolute atomic E-state index is 9.69. The average Bonchev–Trinajstić information content (AvgIpc) is 2.44. The van der Waals surface area contributed by atoms with E-state index in [0.717, 1.165) is 11.3 Å². The molecule has 1 aromatic heterocycles. The van der Waals surface area contributed by atoms with Crippen molar-refractivity contribution in [2.75, 3.05) is 0 Å². The van der Waals surface area contributed by atoms with Crippen LogP contribution in [0.4, 0.5) is 0 Å². The minimum atomic E-state index is -0.513. The highest BCUT2D eigenvalue weighted by atomic mass is 16.3. The van der Waals surface area contributed by atoms with Crippen LogP contribution in [-0.2, 0) is 7.05 Å². The van der Waals surface area contributed by atoms with Gasteiger partial charge in [0, 0.05) is 24.7 Å². The first-order valence-corrected chi connectivity index (χ1v) is 4.23. The molecule has 0 amide bonds. The number of aliphatic hydroxyl groups is 1. The zero-order valence-corrected chi connectivity index (χ0v) is 8.20. The van der Waals surface area contributed by atoms with E-state index in [1.165, 1.54) is 0 Å². The van der Waals surface area contributed by atoms with Gasteiger partial charge in [-0.1, -0.05) is 0 Å². The van der Waals surface area contributed by atoms with Crippen molar-refractivity contribution in [2.45, 2.75) is 26.4 Å². The first kappa shape index (κ1) is 9.82. The summed E-state index contributed by atoms with van der Waals surface area (Å²) in [6.45, 7) is 3.70. The van der Waals surface area contributed by atoms with Gasteiger partial charge in [-0.05, 0) is 13.8 Å². The van der Waals surface area contributed by atoms with Crippen molar-refractivity contribution < 1.29 is 5.11 Å². The van der Waals surface area contributed by atoms with Crippen molar-refractivity contribution in [3.8, 4) is 11.8 Å². The van der Waals surface area contributed by atoms with E-state index < -0.39 is 6.10 Å². The van der Waals surface area contributed by atoms with Gasteiger partial charge >= 0.3 is 0 Å². The average molecular weight is 178 g/mol. The highest BCUT2D eigenvalue weighted by molar-refractivity contribution is 5.20. The molecule has 0 radical (unpaired) electrons. The van der Waals surface area contributed by atoms with E-state index in [0.29, 0.717) is 6.42 Å². The van der Waals surface area contributed by atoms with E-state index in [-0.39, 0.29) is 0 Å². The Kier molecular flexibility index (Phi) is 3.10. The molecule has 1 aromatic rings. The summed E-state index contributed by atoms with van der Waals surface area (Å²) in [5, 5.41) is 13.7. The lowest BCUT2D eigenvalue weighted by molar-refractivity contribution is 0.183. The summed E-state index contributed by atoms with van der Waals surface area (Å²) in [6.07, 6.45) is 1.65. The third-order valence-corrected chi connectivity index (χ3v) is 2.10. The van der Waals surface area contributed by atoms with E-state index in [1.54, 1.807) is 17.8 Å². The molecule has 0 saturated carbocycles. The van der Waals surface area contributed by atoms with Crippen molar-refractivity contribution in [3.05, 3.63) is 17.5 Å². The maximum Gasteiger partial charge on any atom is 0.0932 e. The maximum atomic E-state index is 9.69. The van der Waals surface area contributed by atoms with E-state index in [2.05, 4.69) is 16.9 Å². The Balaban J connectivity index is 2.80. The van der Waals surface area contributed by atoms with Gasteiger partial charge in [0.1, 0.15) is 0 Å². The molecule has 1 N–H and O–H groups in total. The molecule has 0 aliphatic rings. The van der Waals surface area contributed by atoms with Crippen molar-refractivity contribution >= 4 is 0 Å². The minimum absolute atomic E-state index is 0.475. The summed E-state index contributed by atoms with van der Waals surface area (Å²) in [5.74, 6) is 5.60. The Bertz CT molecular complexity index is 344. The zero-order valence-electron chi connectivity index (χ0n) is 8.20. The molecule has 0 bridgehead atoms. The molecule has 13 heavy (non-hydrogen) atoms. The van der Waals surface area contributed by atoms with Crippen LogP contribution in [0.25, 0.3) is 0 Å². The highest BCUT2D eigenvalue weighted by Gasteiger charge is 2.11. The third-order valence-electron chi connectivity index (χ3n) is 2.10. The number of aliphatic hydroxyl groups excluding tert-OH is 1. The van der Waals surface area contributed by atoms with Crippen LogP contribution in [-0.4, -0.2) is 14.9 Å². The number of aryl methyl sites for hydroxylation is 1. The zero-order chi connectivity index (χ0) is 9.84.